The summed E-state index contributed by atoms with van der Waals surface area (Å²) >= 11 is 0. The highest BCUT2D eigenvalue weighted by atomic mass is 15.1. The van der Waals surface area contributed by atoms with Crippen molar-refractivity contribution in [2.45, 2.75) is 23.7 Å². The van der Waals surface area contributed by atoms with Gasteiger partial charge in [-0.3, -0.25) is 0 Å². The Morgan fingerprint density at radius 1 is 0.127 bits per heavy atom. The third kappa shape index (κ3) is 14.8. The molecule has 4 atom stereocenters. The van der Waals surface area contributed by atoms with Crippen LogP contribution in [0.3, 0.4) is 0 Å². The number of benzene rings is 20. The van der Waals surface area contributed by atoms with Gasteiger partial charge in [-0.15, -0.1) is 0 Å². The van der Waals surface area contributed by atoms with E-state index in [0.29, 0.717) is 69.9 Å². The first-order valence-corrected chi connectivity index (χ1v) is 50.9. The highest BCUT2D eigenvalue weighted by molar-refractivity contribution is 6.18. The van der Waals surface area contributed by atoms with Crippen LogP contribution >= 0.6 is 0 Å². The molecule has 0 N–H and O–H groups in total. The molecule has 0 saturated heterocycles. The summed E-state index contributed by atoms with van der Waals surface area (Å²) in [5.41, 5.74) is 38.1. The van der Waals surface area contributed by atoms with E-state index < -0.39 is 0 Å². The molecule has 6 aromatic heterocycles. The minimum Gasteiger partial charge on any atom is -0.309 e. The third-order valence-corrected chi connectivity index (χ3v) is 30.2. The molecule has 6 heterocycles. The van der Waals surface area contributed by atoms with E-state index in [9.17, 15) is 0 Å². The minimum absolute atomic E-state index is 0.00236. The van der Waals surface area contributed by atoms with Crippen molar-refractivity contribution in [1.29, 1.82) is 0 Å². The number of para-hydroxylation sites is 4. The second kappa shape index (κ2) is 36.1. The largest absolute Gasteiger partial charge is 0.309 e. The summed E-state index contributed by atoms with van der Waals surface area (Å²) in [4.78, 5) is 62.2. The van der Waals surface area contributed by atoms with Gasteiger partial charge in [0.05, 0.1) is 22.1 Å². The van der Waals surface area contributed by atoms with Gasteiger partial charge in [0.15, 0.2) is 69.9 Å². The standard InChI is InChI=1S/2C68H43N7/c1-5-20-42(21-6-1)63-69-64(43-22-7-2-8-23-43)71-66(70-63)45-36-38-52-56(40-45)60-50-29-14-15-30-51(50)61(52)57-41-46(37-39-53(57)60)67-72-65(44-24-9-3-10-25-44)73-68(74-67)54-31-16-13-28-48(54)49-33-19-35-59-62(49)55-32-17-18-34-58(55)75(59)47-26-11-4-12-27-47;1-5-19-42(20-6-1)63-69-64(43-21-7-2-8-22-43)72-67(71-63)47-35-37-53-56(40-47)60-51-29-13-14-30-52(51)61(53)57-41-48(36-38-54(57)60)68-73-65(44-23-9-3-10-24-44)70-66(74-68)46-26-17-25-45(39-46)50-32-18-34-59-62(50)55-31-15-16-33-58(55)75(59)49-27-11-4-12-28-49/h2*1-41,60-61H. The van der Waals surface area contributed by atoms with Crippen molar-refractivity contribution >= 4 is 43.6 Å². The van der Waals surface area contributed by atoms with Crippen LogP contribution in [0.15, 0.2) is 497 Å². The first kappa shape index (κ1) is 86.7. The molecule has 0 fully saturated rings. The number of aromatic nitrogens is 14. The molecule has 14 heteroatoms. The molecule has 0 aliphatic heterocycles. The van der Waals surface area contributed by atoms with Crippen LogP contribution in [-0.4, -0.2) is 68.9 Å². The molecule has 6 aliphatic rings. The Morgan fingerprint density at radius 2 is 0.340 bits per heavy atom. The van der Waals surface area contributed by atoms with Gasteiger partial charge in [-0.2, -0.15) is 0 Å². The molecule has 0 amide bonds. The zero-order valence-electron chi connectivity index (χ0n) is 80.9. The van der Waals surface area contributed by atoms with E-state index in [1.54, 1.807) is 0 Å². The van der Waals surface area contributed by atoms with Crippen molar-refractivity contribution in [3.8, 4) is 170 Å². The average Bonchev–Trinajstić information content (AvgIpc) is 1.28. The van der Waals surface area contributed by atoms with Crippen LogP contribution in [0.4, 0.5) is 0 Å². The van der Waals surface area contributed by atoms with Crippen LogP contribution in [0.5, 0.6) is 0 Å². The van der Waals surface area contributed by atoms with Crippen molar-refractivity contribution < 1.29 is 0 Å². The monoisotopic (exact) mass is 1910 g/mol. The second-order valence-corrected chi connectivity index (χ2v) is 38.7. The van der Waals surface area contributed by atoms with Crippen molar-refractivity contribution in [3.63, 3.8) is 0 Å². The molecule has 0 spiro atoms. The Labute approximate surface area is 864 Å². The molecule has 4 bridgehead atoms. The second-order valence-electron chi connectivity index (χ2n) is 38.7. The van der Waals surface area contributed by atoms with E-state index in [-0.39, 0.29) is 23.7 Å². The summed E-state index contributed by atoms with van der Waals surface area (Å²) in [6.45, 7) is 0. The fraction of sp³-hybridized carbons (Fsp3) is 0.0294. The predicted molar refractivity (Wildman–Crippen MR) is 601 cm³/mol. The zero-order chi connectivity index (χ0) is 98.8. The Kier molecular flexibility index (Phi) is 20.9. The maximum absolute atomic E-state index is 5.44. The highest BCUT2D eigenvalue weighted by Crippen LogP contribution is 2.60. The first-order valence-electron chi connectivity index (χ1n) is 50.9. The lowest BCUT2D eigenvalue weighted by Gasteiger charge is -2.42. The summed E-state index contributed by atoms with van der Waals surface area (Å²) in [5, 5.41) is 4.78. The molecule has 700 valence electrons. The summed E-state index contributed by atoms with van der Waals surface area (Å²) in [6.07, 6.45) is 0. The topological polar surface area (TPSA) is 165 Å². The predicted octanol–water partition coefficient (Wildman–Crippen LogP) is 31.6. The SMILES string of the molecule is c1ccc(-c2nc(-c3ccccc3)nc(-c3ccc4c(c3)C3c5ccccc5C4c4cc(-c5nc(-c6ccccc6)nc(-c6cccc(-c7cccc8c7c7ccccc7n8-c7ccccc7)c6)n5)ccc43)n2)cc1.c1ccc(-c2nc(-c3ccccc3)nc(-c3ccc4c(c3)C3c5ccccc5C4c4cc(-c5nc(-c6ccccc6)nc(-c6ccccc6-c6cccc7c6c6ccccc6n7-c6ccccc6)n5)ccc43)n2)cc1. The van der Waals surface area contributed by atoms with Gasteiger partial charge >= 0.3 is 0 Å². The van der Waals surface area contributed by atoms with E-state index in [0.717, 1.165) is 117 Å². The number of hydrogen-bond donors (Lipinski definition) is 0. The summed E-state index contributed by atoms with van der Waals surface area (Å²) in [5.74, 6) is 7.63. The molecule has 4 unspecified atom stereocenters. The van der Waals surface area contributed by atoms with Crippen LogP contribution in [0.2, 0.25) is 0 Å². The molecule has 150 heavy (non-hydrogen) atoms. The molecule has 20 aromatic carbocycles. The third-order valence-electron chi connectivity index (χ3n) is 30.2. The summed E-state index contributed by atoms with van der Waals surface area (Å²) in [6, 6.07) is 175. The van der Waals surface area contributed by atoms with E-state index in [1.165, 1.54) is 93.8 Å². The smallest absolute Gasteiger partial charge is 0.164 e. The van der Waals surface area contributed by atoms with Gasteiger partial charge in [0, 0.05) is 123 Å². The number of fused-ring (bicyclic) bond motifs is 6. The molecule has 14 nitrogen and oxygen atoms in total. The molecule has 6 aliphatic carbocycles. The fourth-order valence-electron chi connectivity index (χ4n) is 23.5. The van der Waals surface area contributed by atoms with Crippen LogP contribution in [0, 0.1) is 0 Å². The Bertz CT molecular complexity index is 9730. The molecular weight excluding hydrogens is 1830 g/mol. The van der Waals surface area contributed by atoms with Crippen molar-refractivity contribution in [2.75, 3.05) is 0 Å². The summed E-state index contributed by atoms with van der Waals surface area (Å²) < 4.78 is 4.73. The van der Waals surface area contributed by atoms with E-state index >= 15 is 0 Å². The first-order chi connectivity index (χ1) is 74.4. The maximum atomic E-state index is 5.44. The van der Waals surface area contributed by atoms with Gasteiger partial charge < -0.3 is 9.13 Å². The normalized spacial score (nSPS) is 14.1. The lowest BCUT2D eigenvalue weighted by atomic mass is 9.61. The maximum Gasteiger partial charge on any atom is 0.164 e. The van der Waals surface area contributed by atoms with Gasteiger partial charge in [-0.05, 0) is 168 Å². The summed E-state index contributed by atoms with van der Waals surface area (Å²) in [7, 11) is 0. The quantitative estimate of drug-likeness (QED) is 0.0900. The average molecular weight is 1920 g/mol. The van der Waals surface area contributed by atoms with E-state index in [2.05, 4.69) is 397 Å². The number of hydrogen-bond acceptors (Lipinski definition) is 12. The lowest BCUT2D eigenvalue weighted by Crippen LogP contribution is -2.27. The van der Waals surface area contributed by atoms with Crippen LogP contribution in [0.25, 0.3) is 214 Å². The highest BCUT2D eigenvalue weighted by Gasteiger charge is 2.44. The Morgan fingerprint density at radius 3 is 0.667 bits per heavy atom. The molecule has 26 aromatic rings. The van der Waals surface area contributed by atoms with Crippen LogP contribution in [-0.2, 0) is 0 Å². The van der Waals surface area contributed by atoms with Crippen LogP contribution < -0.4 is 0 Å². The van der Waals surface area contributed by atoms with Crippen molar-refractivity contribution in [2.24, 2.45) is 0 Å². The van der Waals surface area contributed by atoms with E-state index in [4.69, 9.17) is 59.8 Å². The van der Waals surface area contributed by atoms with Gasteiger partial charge in [0.2, 0.25) is 0 Å². The molecular formula is C136H86N14. The Hall–Kier alpha value is -20.0. The van der Waals surface area contributed by atoms with E-state index in [1.807, 2.05) is 109 Å². The molecule has 0 saturated carbocycles. The molecule has 0 radical (unpaired) electrons. The van der Waals surface area contributed by atoms with Gasteiger partial charge in [0.25, 0.3) is 0 Å². The van der Waals surface area contributed by atoms with Gasteiger partial charge in [-0.25, -0.2) is 59.8 Å². The number of nitrogens with zero attached hydrogens (tertiary/aromatic N) is 14. The van der Waals surface area contributed by atoms with Crippen molar-refractivity contribution in [3.05, 3.63) is 564 Å². The van der Waals surface area contributed by atoms with Crippen molar-refractivity contribution in [1.82, 2.24) is 68.9 Å². The number of rotatable bonds is 16. The minimum atomic E-state index is -0.00236. The Balaban J connectivity index is 0.000000141. The van der Waals surface area contributed by atoms with Gasteiger partial charge in [-0.1, -0.05) is 419 Å². The zero-order valence-corrected chi connectivity index (χ0v) is 80.9. The lowest BCUT2D eigenvalue weighted by molar-refractivity contribution is 0.754. The van der Waals surface area contributed by atoms with Gasteiger partial charge in [0.1, 0.15) is 0 Å². The van der Waals surface area contributed by atoms with Crippen LogP contribution in [0.1, 0.15) is 90.4 Å². The fourth-order valence-corrected chi connectivity index (χ4v) is 23.5. The molecule has 32 rings (SSSR count).